The minimum atomic E-state index is -1.07. The molecule has 15 heteroatoms. The molecular weight excluding hydrogens is 702 g/mol. The molecule has 54 heavy (non-hydrogen) atoms. The van der Waals surface area contributed by atoms with Crippen molar-refractivity contribution < 1.29 is 57.5 Å². The minimum Gasteiger partial charge on any atom is -0.467 e. The van der Waals surface area contributed by atoms with Gasteiger partial charge in [-0.05, 0) is 52.8 Å². The first-order chi connectivity index (χ1) is 26.1. The highest BCUT2D eigenvalue weighted by Crippen LogP contribution is 2.44. The second-order valence-electron chi connectivity index (χ2n) is 12.7. The van der Waals surface area contributed by atoms with E-state index >= 15 is 0 Å². The van der Waals surface area contributed by atoms with Gasteiger partial charge in [0.05, 0.1) is 12.8 Å². The van der Waals surface area contributed by atoms with Crippen molar-refractivity contribution in [3.63, 3.8) is 0 Å². The maximum absolute atomic E-state index is 13.2. The van der Waals surface area contributed by atoms with Crippen LogP contribution >= 0.6 is 0 Å². The molecule has 5 rings (SSSR count). The summed E-state index contributed by atoms with van der Waals surface area (Å²) in [6.45, 7) is 1.56. The number of esters is 2. The van der Waals surface area contributed by atoms with E-state index in [4.69, 9.17) is 33.5 Å². The van der Waals surface area contributed by atoms with Gasteiger partial charge in [0.1, 0.15) is 25.1 Å². The normalized spacial score (nSPS) is 17.3. The van der Waals surface area contributed by atoms with E-state index in [1.807, 2.05) is 48.5 Å². The highest BCUT2D eigenvalue weighted by molar-refractivity contribution is 5.92. The van der Waals surface area contributed by atoms with Crippen LogP contribution in [0.15, 0.2) is 66.7 Å². The fourth-order valence-corrected chi connectivity index (χ4v) is 6.31. The van der Waals surface area contributed by atoms with Gasteiger partial charge in [0.15, 0.2) is 6.10 Å². The zero-order valence-electron chi connectivity index (χ0n) is 30.2. The molecule has 0 saturated carbocycles. The molecule has 0 radical (unpaired) electrons. The number of hydrogen-bond acceptors (Lipinski definition) is 12. The largest absolute Gasteiger partial charge is 0.467 e. The molecule has 1 saturated heterocycles. The fourth-order valence-electron chi connectivity index (χ4n) is 6.31. The van der Waals surface area contributed by atoms with Crippen LogP contribution in [0.2, 0.25) is 0 Å². The number of aliphatic hydroxyl groups is 1. The van der Waals surface area contributed by atoms with Gasteiger partial charge >= 0.3 is 24.1 Å². The molecule has 1 aliphatic heterocycles. The highest BCUT2D eigenvalue weighted by Gasteiger charge is 2.37. The number of hydrogen-bond donors (Lipinski definition) is 4. The van der Waals surface area contributed by atoms with Gasteiger partial charge in [0.2, 0.25) is 12.2 Å². The van der Waals surface area contributed by atoms with E-state index in [1.54, 1.807) is 12.1 Å². The number of unbranched alkanes of at least 4 members (excludes halogenated alkanes) is 1. The lowest BCUT2D eigenvalue weighted by Crippen LogP contribution is -2.44. The molecule has 0 aromatic heterocycles. The standard InChI is InChI=1S/C39H45N3O12/c1-24(44)52-26-20-34(37(46)49-2)54-36(21-26)53-33-14-13-25(22-50-38(47)40-16-7-8-18-43)19-32(33)42-35(45)15-17-41-39(48)51-23-31-29-11-5-3-9-27(29)28-10-4-6-12-30(28)31/h3-6,9-14,19,26,31,34,36,43H,7-8,15-18,20-23H2,1-2H3,(H,40,47)(H,41,48)(H,42,45)/t26-,34-,36?/m0/s1. The third kappa shape index (κ3) is 10.9. The molecule has 3 aromatic carbocycles. The Morgan fingerprint density at radius 1 is 0.852 bits per heavy atom. The molecular formula is C39H45N3O12. The number of amides is 3. The molecule has 15 nitrogen and oxygen atoms in total. The van der Waals surface area contributed by atoms with Gasteiger partial charge in [-0.2, -0.15) is 0 Å². The Hall–Kier alpha value is -5.67. The zero-order valence-corrected chi connectivity index (χ0v) is 30.2. The zero-order chi connectivity index (χ0) is 38.5. The van der Waals surface area contributed by atoms with Gasteiger partial charge in [-0.3, -0.25) is 9.59 Å². The highest BCUT2D eigenvalue weighted by atomic mass is 16.7. The molecule has 1 fully saturated rings. The van der Waals surface area contributed by atoms with Crippen molar-refractivity contribution in [1.29, 1.82) is 0 Å². The topological polar surface area (TPSA) is 197 Å². The molecule has 0 spiro atoms. The number of benzene rings is 3. The van der Waals surface area contributed by atoms with Crippen LogP contribution in [0.25, 0.3) is 11.1 Å². The van der Waals surface area contributed by atoms with Gasteiger partial charge in [0, 0.05) is 51.8 Å². The van der Waals surface area contributed by atoms with E-state index in [0.29, 0.717) is 24.9 Å². The summed E-state index contributed by atoms with van der Waals surface area (Å²) >= 11 is 0. The van der Waals surface area contributed by atoms with Crippen molar-refractivity contribution in [2.24, 2.45) is 0 Å². The van der Waals surface area contributed by atoms with Crippen LogP contribution in [-0.2, 0) is 44.7 Å². The lowest BCUT2D eigenvalue weighted by Gasteiger charge is -2.33. The van der Waals surface area contributed by atoms with E-state index in [9.17, 15) is 24.0 Å². The van der Waals surface area contributed by atoms with Gasteiger partial charge < -0.3 is 49.5 Å². The Kier molecular flexibility index (Phi) is 14.2. The van der Waals surface area contributed by atoms with Crippen LogP contribution in [0.5, 0.6) is 5.75 Å². The summed E-state index contributed by atoms with van der Waals surface area (Å²) in [5.41, 5.74) is 5.08. The first-order valence-electron chi connectivity index (χ1n) is 17.8. The number of carbonyl (C=O) groups excluding carboxylic acids is 5. The molecule has 2 aliphatic rings. The molecule has 288 valence electrons. The first-order valence-corrected chi connectivity index (χ1v) is 17.8. The lowest BCUT2D eigenvalue weighted by atomic mass is 9.98. The average Bonchev–Trinajstić information content (AvgIpc) is 3.48. The van der Waals surface area contributed by atoms with E-state index in [2.05, 4.69) is 16.0 Å². The third-order valence-corrected chi connectivity index (χ3v) is 8.81. The molecule has 3 amide bonds. The van der Waals surface area contributed by atoms with Crippen molar-refractivity contribution in [2.75, 3.05) is 38.7 Å². The van der Waals surface area contributed by atoms with Crippen LogP contribution in [0.3, 0.4) is 0 Å². The lowest BCUT2D eigenvalue weighted by molar-refractivity contribution is -0.204. The number of nitrogens with one attached hydrogen (secondary N) is 3. The first kappa shape index (κ1) is 39.5. The Morgan fingerprint density at radius 2 is 1.54 bits per heavy atom. The SMILES string of the molecule is COC(=O)[C@@H]1C[C@H](OC(C)=O)CC(Oc2ccc(COC(=O)NCCCCO)cc2NC(=O)CCNC(=O)OCC2c3ccccc3-c3ccccc32)O1. The Labute approximate surface area is 312 Å². The Balaban J connectivity index is 1.20. The molecule has 1 unspecified atom stereocenters. The van der Waals surface area contributed by atoms with Gasteiger partial charge in [-0.1, -0.05) is 54.6 Å². The number of alkyl carbamates (subject to hydrolysis) is 2. The number of methoxy groups -OCH3 is 1. The quantitative estimate of drug-likeness (QED) is 0.0909. The van der Waals surface area contributed by atoms with Crippen LogP contribution in [-0.4, -0.2) is 87.0 Å². The van der Waals surface area contributed by atoms with Crippen molar-refractivity contribution >= 4 is 35.7 Å². The summed E-state index contributed by atoms with van der Waals surface area (Å²) in [5.74, 6) is -1.64. The second kappa shape index (κ2) is 19.4. The number of anilines is 1. The van der Waals surface area contributed by atoms with Crippen molar-refractivity contribution in [3.05, 3.63) is 83.4 Å². The van der Waals surface area contributed by atoms with Crippen molar-refractivity contribution in [2.45, 2.75) is 70.1 Å². The smallest absolute Gasteiger partial charge is 0.407 e. The summed E-state index contributed by atoms with van der Waals surface area (Å²) in [6.07, 6.45) is -2.99. The molecule has 1 aliphatic carbocycles. The van der Waals surface area contributed by atoms with Crippen LogP contribution in [0, 0.1) is 0 Å². The Morgan fingerprint density at radius 3 is 2.22 bits per heavy atom. The number of carbonyl (C=O) groups is 5. The molecule has 1 heterocycles. The van der Waals surface area contributed by atoms with Crippen molar-refractivity contribution in [3.8, 4) is 16.9 Å². The van der Waals surface area contributed by atoms with Crippen LogP contribution < -0.4 is 20.7 Å². The number of fused-ring (bicyclic) bond motifs is 3. The predicted octanol–water partition coefficient (Wildman–Crippen LogP) is 4.54. The molecule has 4 N–H and O–H groups in total. The summed E-state index contributed by atoms with van der Waals surface area (Å²) < 4.78 is 32.9. The van der Waals surface area contributed by atoms with E-state index in [1.165, 1.54) is 20.1 Å². The van der Waals surface area contributed by atoms with Gasteiger partial charge in [0.25, 0.3) is 0 Å². The monoisotopic (exact) mass is 747 g/mol. The predicted molar refractivity (Wildman–Crippen MR) is 193 cm³/mol. The van der Waals surface area contributed by atoms with E-state index < -0.39 is 48.5 Å². The van der Waals surface area contributed by atoms with Crippen LogP contribution in [0.1, 0.15) is 61.6 Å². The van der Waals surface area contributed by atoms with E-state index in [0.717, 1.165) is 22.3 Å². The minimum absolute atomic E-state index is 0.0186. The summed E-state index contributed by atoms with van der Waals surface area (Å²) in [5, 5.41) is 16.9. The summed E-state index contributed by atoms with van der Waals surface area (Å²) in [6, 6.07) is 20.7. The third-order valence-electron chi connectivity index (χ3n) is 8.81. The maximum atomic E-state index is 13.2. The number of rotatable bonds is 16. The average molecular weight is 748 g/mol. The van der Waals surface area contributed by atoms with E-state index in [-0.39, 0.29) is 63.0 Å². The maximum Gasteiger partial charge on any atom is 0.407 e. The van der Waals surface area contributed by atoms with Gasteiger partial charge in [-0.15, -0.1) is 0 Å². The number of aliphatic hydroxyl groups excluding tert-OH is 1. The van der Waals surface area contributed by atoms with Gasteiger partial charge in [-0.25, -0.2) is 14.4 Å². The Bertz CT molecular complexity index is 1750. The van der Waals surface area contributed by atoms with Crippen molar-refractivity contribution in [1.82, 2.24) is 10.6 Å². The number of ether oxygens (including phenoxy) is 6. The molecule has 0 bridgehead atoms. The fraction of sp³-hybridized carbons (Fsp3) is 0.410. The summed E-state index contributed by atoms with van der Waals surface area (Å²) in [7, 11) is 1.21. The molecule has 3 aromatic rings. The second-order valence-corrected chi connectivity index (χ2v) is 12.7. The van der Waals surface area contributed by atoms with Crippen LogP contribution in [0.4, 0.5) is 15.3 Å². The summed E-state index contributed by atoms with van der Waals surface area (Å²) in [4.78, 5) is 62.0. The molecule has 3 atom stereocenters.